The molecule has 7 heteroatoms. The number of carbonyl (C=O) groups excluding carboxylic acids is 1. The van der Waals surface area contributed by atoms with Gasteiger partial charge in [0.05, 0.1) is 22.3 Å². The van der Waals surface area contributed by atoms with Gasteiger partial charge in [-0.3, -0.25) is 4.79 Å². The molecule has 0 spiro atoms. The molecule has 1 amide bonds. The lowest BCUT2D eigenvalue weighted by Gasteiger charge is -2.18. The zero-order valence-electron chi connectivity index (χ0n) is 14.0. The molecule has 1 atom stereocenters. The fraction of sp³-hybridized carbons (Fsp3) is 0.222. The van der Waals surface area contributed by atoms with E-state index in [0.29, 0.717) is 18.1 Å². The van der Waals surface area contributed by atoms with Crippen LogP contribution in [0.2, 0.25) is 0 Å². The Bertz CT molecular complexity index is 1020. The van der Waals surface area contributed by atoms with Gasteiger partial charge in [-0.15, -0.1) is 0 Å². The van der Waals surface area contributed by atoms with E-state index < -0.39 is 0 Å². The second-order valence-electron chi connectivity index (χ2n) is 6.40. The van der Waals surface area contributed by atoms with Crippen molar-refractivity contribution >= 4 is 28.5 Å². The van der Waals surface area contributed by atoms with Crippen LogP contribution in [0.25, 0.3) is 22.4 Å². The molecule has 1 unspecified atom stereocenters. The van der Waals surface area contributed by atoms with Crippen LogP contribution in [0.15, 0.2) is 35.6 Å². The summed E-state index contributed by atoms with van der Waals surface area (Å²) in [6, 6.07) is 7.87. The zero-order valence-corrected chi connectivity index (χ0v) is 14.0. The third-order valence-electron chi connectivity index (χ3n) is 4.35. The average molecular weight is 334 g/mol. The Morgan fingerprint density at radius 1 is 1.28 bits per heavy atom. The predicted octanol–water partition coefficient (Wildman–Crippen LogP) is 2.38. The minimum Gasteiger partial charge on any atom is -0.383 e. The molecule has 4 rings (SSSR count). The summed E-state index contributed by atoms with van der Waals surface area (Å²) in [5.41, 5.74) is 13.9. The minimum absolute atomic E-state index is 0.0522. The standard InChI is InChI=1S/C18H18N6O/c1-9-5-12(17(19)20-8-9)18-21-13-4-3-11(7-14(13)22-18)16-10(2)6-15(25)23-24-16/h3-5,7-8,10H,6H2,1-2H3,(H2,19,20)(H,21,22)(H,23,25). The Morgan fingerprint density at radius 3 is 2.92 bits per heavy atom. The molecular weight excluding hydrogens is 316 g/mol. The number of hydrazone groups is 1. The minimum atomic E-state index is -0.0522. The number of H-pyrrole nitrogens is 1. The summed E-state index contributed by atoms with van der Waals surface area (Å²) in [5.74, 6) is 1.15. The Hall–Kier alpha value is -3.22. The van der Waals surface area contributed by atoms with Gasteiger partial charge in [-0.05, 0) is 30.7 Å². The van der Waals surface area contributed by atoms with Crippen molar-refractivity contribution in [3.05, 3.63) is 41.6 Å². The van der Waals surface area contributed by atoms with E-state index in [9.17, 15) is 4.79 Å². The first-order chi connectivity index (χ1) is 12.0. The van der Waals surface area contributed by atoms with Crippen molar-refractivity contribution in [1.82, 2.24) is 20.4 Å². The van der Waals surface area contributed by atoms with E-state index in [4.69, 9.17) is 5.73 Å². The maximum absolute atomic E-state index is 11.4. The van der Waals surface area contributed by atoms with Gasteiger partial charge in [0.1, 0.15) is 11.6 Å². The predicted molar refractivity (Wildman–Crippen MR) is 96.9 cm³/mol. The molecule has 0 bridgehead atoms. The van der Waals surface area contributed by atoms with E-state index in [2.05, 4.69) is 25.5 Å². The molecule has 0 fully saturated rings. The topological polar surface area (TPSA) is 109 Å². The van der Waals surface area contributed by atoms with E-state index >= 15 is 0 Å². The lowest BCUT2D eigenvalue weighted by molar-refractivity contribution is -0.121. The fourth-order valence-corrected chi connectivity index (χ4v) is 3.07. The molecule has 25 heavy (non-hydrogen) atoms. The molecule has 0 radical (unpaired) electrons. The molecule has 7 nitrogen and oxygen atoms in total. The van der Waals surface area contributed by atoms with Crippen LogP contribution in [-0.4, -0.2) is 26.6 Å². The number of imidazole rings is 1. The quantitative estimate of drug-likeness (QED) is 0.668. The zero-order chi connectivity index (χ0) is 17.6. The Balaban J connectivity index is 1.78. The van der Waals surface area contributed by atoms with Gasteiger partial charge in [0.15, 0.2) is 0 Å². The van der Waals surface area contributed by atoms with Crippen molar-refractivity contribution in [3.8, 4) is 11.4 Å². The Kier molecular flexibility index (Phi) is 3.49. The van der Waals surface area contributed by atoms with Crippen LogP contribution < -0.4 is 11.2 Å². The Labute approximate surface area is 144 Å². The summed E-state index contributed by atoms with van der Waals surface area (Å²) < 4.78 is 0. The maximum atomic E-state index is 11.4. The normalized spacial score (nSPS) is 17.4. The summed E-state index contributed by atoms with van der Waals surface area (Å²) in [6.07, 6.45) is 2.17. The summed E-state index contributed by atoms with van der Waals surface area (Å²) >= 11 is 0. The van der Waals surface area contributed by atoms with E-state index in [1.54, 1.807) is 6.20 Å². The molecule has 1 aliphatic heterocycles. The molecule has 0 aliphatic carbocycles. The number of amides is 1. The highest BCUT2D eigenvalue weighted by Gasteiger charge is 2.22. The molecule has 126 valence electrons. The highest BCUT2D eigenvalue weighted by Crippen LogP contribution is 2.26. The van der Waals surface area contributed by atoms with Crippen LogP contribution in [0, 0.1) is 12.8 Å². The fourth-order valence-electron chi connectivity index (χ4n) is 3.07. The number of nitrogens with one attached hydrogen (secondary N) is 2. The largest absolute Gasteiger partial charge is 0.383 e. The van der Waals surface area contributed by atoms with Gasteiger partial charge in [0.25, 0.3) is 0 Å². The van der Waals surface area contributed by atoms with E-state index in [1.165, 1.54) is 0 Å². The molecule has 0 saturated heterocycles. The average Bonchev–Trinajstić information content (AvgIpc) is 3.00. The highest BCUT2D eigenvalue weighted by molar-refractivity contribution is 6.07. The molecule has 3 aromatic rings. The van der Waals surface area contributed by atoms with Gasteiger partial charge < -0.3 is 10.7 Å². The third kappa shape index (κ3) is 2.73. The number of benzene rings is 1. The first-order valence-electron chi connectivity index (χ1n) is 8.10. The molecule has 4 N–H and O–H groups in total. The van der Waals surface area contributed by atoms with Crippen molar-refractivity contribution in [3.63, 3.8) is 0 Å². The number of hydrogen-bond donors (Lipinski definition) is 3. The number of rotatable bonds is 2. The summed E-state index contributed by atoms with van der Waals surface area (Å²) in [4.78, 5) is 23.5. The monoisotopic (exact) mass is 334 g/mol. The number of carbonyl (C=O) groups is 1. The second kappa shape index (κ2) is 5.70. The smallest absolute Gasteiger partial charge is 0.240 e. The van der Waals surface area contributed by atoms with Crippen molar-refractivity contribution < 1.29 is 4.79 Å². The number of anilines is 1. The number of nitrogens with zero attached hydrogens (tertiary/aromatic N) is 3. The summed E-state index contributed by atoms with van der Waals surface area (Å²) in [6.45, 7) is 3.97. The molecular formula is C18H18N6O. The van der Waals surface area contributed by atoms with Gasteiger partial charge in [-0.1, -0.05) is 13.0 Å². The van der Waals surface area contributed by atoms with Crippen molar-refractivity contribution in [2.45, 2.75) is 20.3 Å². The third-order valence-corrected chi connectivity index (χ3v) is 4.35. The van der Waals surface area contributed by atoms with Gasteiger partial charge in [0.2, 0.25) is 5.91 Å². The van der Waals surface area contributed by atoms with Crippen LogP contribution >= 0.6 is 0 Å². The lowest BCUT2D eigenvalue weighted by Crippen LogP contribution is -2.31. The number of aromatic nitrogens is 3. The van der Waals surface area contributed by atoms with Crippen molar-refractivity contribution in [2.75, 3.05) is 5.73 Å². The summed E-state index contributed by atoms with van der Waals surface area (Å²) in [5, 5.41) is 4.21. The molecule has 2 aromatic heterocycles. The number of hydrogen-bond acceptors (Lipinski definition) is 5. The second-order valence-corrected chi connectivity index (χ2v) is 6.40. The van der Waals surface area contributed by atoms with E-state index in [0.717, 1.165) is 33.4 Å². The van der Waals surface area contributed by atoms with Crippen LogP contribution in [-0.2, 0) is 4.79 Å². The first-order valence-corrected chi connectivity index (χ1v) is 8.10. The number of aryl methyl sites for hydroxylation is 1. The van der Waals surface area contributed by atoms with Gasteiger partial charge in [0, 0.05) is 24.1 Å². The van der Waals surface area contributed by atoms with E-state index in [1.807, 2.05) is 38.1 Å². The molecule has 1 aromatic carbocycles. The number of fused-ring (bicyclic) bond motifs is 1. The SMILES string of the molecule is Cc1cnc(N)c(-c2nc3ccc(C4=NNC(=O)CC4C)cc3[nH]2)c1. The van der Waals surface area contributed by atoms with Gasteiger partial charge >= 0.3 is 0 Å². The van der Waals surface area contributed by atoms with Crippen LogP contribution in [0.3, 0.4) is 0 Å². The number of aromatic amines is 1. The number of nitrogens with two attached hydrogens (primary N) is 1. The first kappa shape index (κ1) is 15.3. The Morgan fingerprint density at radius 2 is 2.12 bits per heavy atom. The number of pyridine rings is 1. The van der Waals surface area contributed by atoms with Crippen LogP contribution in [0.5, 0.6) is 0 Å². The maximum Gasteiger partial charge on any atom is 0.240 e. The van der Waals surface area contributed by atoms with Crippen molar-refractivity contribution in [1.29, 1.82) is 0 Å². The van der Waals surface area contributed by atoms with Gasteiger partial charge in [-0.2, -0.15) is 5.10 Å². The van der Waals surface area contributed by atoms with E-state index in [-0.39, 0.29) is 11.8 Å². The molecule has 0 saturated carbocycles. The van der Waals surface area contributed by atoms with Crippen LogP contribution in [0.1, 0.15) is 24.5 Å². The summed E-state index contributed by atoms with van der Waals surface area (Å²) in [7, 11) is 0. The molecule has 3 heterocycles. The van der Waals surface area contributed by atoms with Crippen LogP contribution in [0.4, 0.5) is 5.82 Å². The lowest BCUT2D eigenvalue weighted by atomic mass is 9.94. The number of nitrogen functional groups attached to an aromatic ring is 1. The molecule has 1 aliphatic rings. The van der Waals surface area contributed by atoms with Gasteiger partial charge in [-0.25, -0.2) is 15.4 Å². The highest BCUT2D eigenvalue weighted by atomic mass is 16.2. The van der Waals surface area contributed by atoms with Crippen molar-refractivity contribution in [2.24, 2.45) is 11.0 Å².